The SMILES string of the molecule is COC(CO[PH](=O)N[C@@H](C)C(=O)OC(C)C)[C@@H](O)[C@@](C)(F)n1ccc(=O)[nH]c1=O. The van der Waals surface area contributed by atoms with Crippen LogP contribution in [0.15, 0.2) is 21.9 Å². The molecule has 11 nitrogen and oxygen atoms in total. The predicted octanol–water partition coefficient (Wildman–Crippen LogP) is -0.109. The van der Waals surface area contributed by atoms with Crippen molar-refractivity contribution in [3.8, 4) is 0 Å². The van der Waals surface area contributed by atoms with E-state index >= 15 is 4.39 Å². The molecule has 0 aliphatic heterocycles. The standard InChI is InChI=1S/C16H27FN3O8P/c1-9(2)28-14(23)10(3)19-29(25)27-8-11(26-5)13(22)16(4,17)20-7-6-12(21)18-15(20)24/h6-7,9-11,13,22,29H,8H2,1-5H3,(H,19,25)(H,18,21,24)/t10-,11?,13+,16-/m0/s1. The fourth-order valence-electron chi connectivity index (χ4n) is 2.30. The molecule has 13 heteroatoms. The minimum atomic E-state index is -2.96. The highest BCUT2D eigenvalue weighted by molar-refractivity contribution is 7.36. The first-order chi connectivity index (χ1) is 13.4. The number of aliphatic hydroxyl groups excluding tert-OH is 1. The molecule has 0 amide bonds. The van der Waals surface area contributed by atoms with Gasteiger partial charge in [0.2, 0.25) is 5.79 Å². The van der Waals surface area contributed by atoms with Crippen molar-refractivity contribution in [2.75, 3.05) is 13.7 Å². The second kappa shape index (κ2) is 10.8. The molecule has 3 N–H and O–H groups in total. The third-order valence-electron chi connectivity index (χ3n) is 3.91. The summed E-state index contributed by atoms with van der Waals surface area (Å²) in [5.41, 5.74) is -1.79. The van der Waals surface area contributed by atoms with Crippen molar-refractivity contribution < 1.29 is 32.9 Å². The average Bonchev–Trinajstić information content (AvgIpc) is 2.60. The Bertz CT molecular complexity index is 825. The number of hydrogen-bond acceptors (Lipinski definition) is 8. The molecule has 0 spiro atoms. The summed E-state index contributed by atoms with van der Waals surface area (Å²) in [6.07, 6.45) is -2.70. The Balaban J connectivity index is 2.76. The van der Waals surface area contributed by atoms with Crippen LogP contribution in [0.3, 0.4) is 0 Å². The lowest BCUT2D eigenvalue weighted by Gasteiger charge is -2.32. The number of H-pyrrole nitrogens is 1. The van der Waals surface area contributed by atoms with E-state index in [1.165, 1.54) is 6.92 Å². The maximum absolute atomic E-state index is 15.1. The summed E-state index contributed by atoms with van der Waals surface area (Å²) >= 11 is 0. The Morgan fingerprint density at radius 1 is 1.41 bits per heavy atom. The van der Waals surface area contributed by atoms with Gasteiger partial charge in [0, 0.05) is 19.4 Å². The molecular formula is C16H27FN3O8P. The summed E-state index contributed by atoms with van der Waals surface area (Å²) in [7, 11) is -1.80. The van der Waals surface area contributed by atoms with E-state index in [9.17, 15) is 24.1 Å². The van der Waals surface area contributed by atoms with E-state index in [0.717, 1.165) is 26.3 Å². The molecule has 29 heavy (non-hydrogen) atoms. The van der Waals surface area contributed by atoms with Gasteiger partial charge in [0.05, 0.1) is 12.7 Å². The highest BCUT2D eigenvalue weighted by Gasteiger charge is 2.41. The fraction of sp³-hybridized carbons (Fsp3) is 0.688. The minimum absolute atomic E-state index is 0.346. The first kappa shape index (κ1) is 25.2. The van der Waals surface area contributed by atoms with Crippen LogP contribution in [0.2, 0.25) is 0 Å². The Kier molecular flexibility index (Phi) is 9.37. The van der Waals surface area contributed by atoms with Crippen LogP contribution < -0.4 is 16.3 Å². The number of hydrogen-bond donors (Lipinski definition) is 3. The molecule has 1 heterocycles. The summed E-state index contributed by atoms with van der Waals surface area (Å²) in [4.78, 5) is 36.5. The van der Waals surface area contributed by atoms with Crippen molar-refractivity contribution in [3.05, 3.63) is 33.1 Å². The molecule has 0 aliphatic rings. The van der Waals surface area contributed by atoms with Crippen LogP contribution in [-0.4, -0.2) is 58.7 Å². The highest BCUT2D eigenvalue weighted by Crippen LogP contribution is 2.26. The van der Waals surface area contributed by atoms with E-state index in [1.54, 1.807) is 13.8 Å². The van der Waals surface area contributed by atoms with Crippen molar-refractivity contribution in [2.24, 2.45) is 0 Å². The molecule has 0 saturated heterocycles. The Morgan fingerprint density at radius 3 is 2.55 bits per heavy atom. The lowest BCUT2D eigenvalue weighted by molar-refractivity contribution is -0.149. The number of carbonyl (C=O) groups is 1. The van der Waals surface area contributed by atoms with Crippen LogP contribution in [0.5, 0.6) is 0 Å². The second-order valence-corrected chi connectivity index (χ2v) is 7.83. The van der Waals surface area contributed by atoms with E-state index in [-0.39, 0.29) is 6.10 Å². The van der Waals surface area contributed by atoms with Crippen LogP contribution in [0.25, 0.3) is 0 Å². The molecule has 0 aromatic carbocycles. The fourth-order valence-corrected chi connectivity index (χ4v) is 3.17. The van der Waals surface area contributed by atoms with Gasteiger partial charge in [-0.1, -0.05) is 0 Å². The van der Waals surface area contributed by atoms with Gasteiger partial charge in [-0.05, 0) is 27.7 Å². The zero-order chi connectivity index (χ0) is 22.4. The molecule has 0 radical (unpaired) electrons. The topological polar surface area (TPSA) is 149 Å². The van der Waals surface area contributed by atoms with E-state index in [4.69, 9.17) is 14.0 Å². The number of nitrogens with zero attached hydrogens (tertiary/aromatic N) is 1. The summed E-state index contributed by atoms with van der Waals surface area (Å²) in [5.74, 6) is -3.30. The molecule has 0 bridgehead atoms. The lowest BCUT2D eigenvalue weighted by Crippen LogP contribution is -2.52. The van der Waals surface area contributed by atoms with Gasteiger partial charge in [0.25, 0.3) is 13.7 Å². The molecule has 2 unspecified atom stereocenters. The maximum Gasteiger partial charge on any atom is 0.330 e. The number of aromatic nitrogens is 2. The summed E-state index contributed by atoms with van der Waals surface area (Å²) in [6.45, 7) is 5.16. The smallest absolute Gasteiger partial charge is 0.330 e. The zero-order valence-electron chi connectivity index (χ0n) is 16.8. The molecule has 5 atom stereocenters. The van der Waals surface area contributed by atoms with Gasteiger partial charge in [0.1, 0.15) is 18.2 Å². The average molecular weight is 439 g/mol. The predicted molar refractivity (Wildman–Crippen MR) is 102 cm³/mol. The number of halogens is 1. The Morgan fingerprint density at radius 2 is 2.03 bits per heavy atom. The van der Waals surface area contributed by atoms with E-state index < -0.39 is 56.0 Å². The van der Waals surface area contributed by atoms with Gasteiger partial charge in [-0.2, -0.15) is 0 Å². The van der Waals surface area contributed by atoms with Crippen LogP contribution >= 0.6 is 8.18 Å². The van der Waals surface area contributed by atoms with Crippen molar-refractivity contribution in [3.63, 3.8) is 0 Å². The third-order valence-corrected chi connectivity index (χ3v) is 5.01. The summed E-state index contributed by atoms with van der Waals surface area (Å²) in [5, 5.41) is 12.8. The number of aliphatic hydroxyl groups is 1. The monoisotopic (exact) mass is 439 g/mol. The van der Waals surface area contributed by atoms with Gasteiger partial charge in [-0.15, -0.1) is 0 Å². The third kappa shape index (κ3) is 7.16. The molecule has 0 aliphatic carbocycles. The maximum atomic E-state index is 15.1. The molecule has 166 valence electrons. The number of rotatable bonds is 11. The highest BCUT2D eigenvalue weighted by atomic mass is 31.1. The number of ether oxygens (including phenoxy) is 2. The first-order valence-corrected chi connectivity index (χ1v) is 10.1. The Labute approximate surface area is 167 Å². The molecule has 1 rings (SSSR count). The van der Waals surface area contributed by atoms with Gasteiger partial charge >= 0.3 is 11.7 Å². The minimum Gasteiger partial charge on any atom is -0.462 e. The van der Waals surface area contributed by atoms with Crippen LogP contribution in [0.1, 0.15) is 27.7 Å². The molecular weight excluding hydrogens is 412 g/mol. The number of alkyl halides is 1. The largest absolute Gasteiger partial charge is 0.462 e. The van der Waals surface area contributed by atoms with Gasteiger partial charge < -0.3 is 19.1 Å². The van der Waals surface area contributed by atoms with Crippen LogP contribution in [0.4, 0.5) is 4.39 Å². The van der Waals surface area contributed by atoms with Crippen molar-refractivity contribution in [2.45, 2.75) is 57.8 Å². The number of aromatic amines is 1. The van der Waals surface area contributed by atoms with Crippen molar-refractivity contribution in [1.82, 2.24) is 14.6 Å². The normalized spacial score (nSPS) is 17.9. The van der Waals surface area contributed by atoms with E-state index in [1.807, 2.05) is 4.98 Å². The quantitative estimate of drug-likeness (QED) is 0.317. The molecule has 1 aromatic rings. The van der Waals surface area contributed by atoms with Crippen molar-refractivity contribution >= 4 is 14.1 Å². The van der Waals surface area contributed by atoms with E-state index in [2.05, 4.69) is 5.09 Å². The first-order valence-electron chi connectivity index (χ1n) is 8.76. The lowest BCUT2D eigenvalue weighted by atomic mass is 10.0. The summed E-state index contributed by atoms with van der Waals surface area (Å²) in [6, 6.07) is 0.00532. The number of nitrogens with one attached hydrogen (secondary N) is 2. The Hall–Kier alpha value is -1.85. The van der Waals surface area contributed by atoms with Gasteiger partial charge in [-0.25, -0.2) is 14.3 Å². The van der Waals surface area contributed by atoms with Gasteiger partial charge in [-0.3, -0.25) is 23.7 Å². The number of methoxy groups -OCH3 is 1. The molecule has 1 aromatic heterocycles. The van der Waals surface area contributed by atoms with Crippen LogP contribution in [0, 0.1) is 0 Å². The van der Waals surface area contributed by atoms with Gasteiger partial charge in [0.15, 0.2) is 0 Å². The number of esters is 1. The van der Waals surface area contributed by atoms with Crippen LogP contribution in [-0.2, 0) is 29.1 Å². The molecule has 0 fully saturated rings. The van der Waals surface area contributed by atoms with E-state index in [0.29, 0.717) is 4.57 Å². The second-order valence-electron chi connectivity index (χ2n) is 6.67. The number of carbonyl (C=O) groups excluding carboxylic acids is 1. The summed E-state index contributed by atoms with van der Waals surface area (Å²) < 4.78 is 42.6. The van der Waals surface area contributed by atoms with Crippen molar-refractivity contribution in [1.29, 1.82) is 0 Å². The zero-order valence-corrected chi connectivity index (χ0v) is 17.8. The molecule has 0 saturated carbocycles.